The minimum absolute atomic E-state index is 0.162. The Morgan fingerprint density at radius 1 is 1.10 bits per heavy atom. The third-order valence-electron chi connectivity index (χ3n) is 5.12. The quantitative estimate of drug-likeness (QED) is 0.779. The highest BCUT2D eigenvalue weighted by atomic mass is 32.2. The maximum atomic E-state index is 13.1. The van der Waals surface area contributed by atoms with Gasteiger partial charge in [0.1, 0.15) is 11.5 Å². The van der Waals surface area contributed by atoms with E-state index in [0.717, 1.165) is 5.56 Å². The fourth-order valence-electron chi connectivity index (χ4n) is 3.45. The van der Waals surface area contributed by atoms with Crippen molar-refractivity contribution in [1.29, 1.82) is 0 Å². The van der Waals surface area contributed by atoms with Crippen LogP contribution >= 0.6 is 0 Å². The van der Waals surface area contributed by atoms with Gasteiger partial charge in [-0.1, -0.05) is 0 Å². The number of carbonyl (C=O) groups is 1. The van der Waals surface area contributed by atoms with Crippen molar-refractivity contribution in [3.63, 3.8) is 0 Å². The summed E-state index contributed by atoms with van der Waals surface area (Å²) in [6, 6.07) is 11.8. The average Bonchev–Trinajstić information content (AvgIpc) is 2.74. The predicted octanol–water partition coefficient (Wildman–Crippen LogP) is 3.05. The number of benzene rings is 2. The lowest BCUT2D eigenvalue weighted by Gasteiger charge is -2.31. The Morgan fingerprint density at radius 3 is 2.45 bits per heavy atom. The van der Waals surface area contributed by atoms with Crippen molar-refractivity contribution in [3.05, 3.63) is 48.0 Å². The molecule has 0 bridgehead atoms. The van der Waals surface area contributed by atoms with Crippen LogP contribution in [-0.2, 0) is 14.8 Å². The molecule has 0 aliphatic carbocycles. The summed E-state index contributed by atoms with van der Waals surface area (Å²) in [7, 11) is -0.549. The van der Waals surface area contributed by atoms with Crippen molar-refractivity contribution in [1.82, 2.24) is 4.31 Å². The maximum absolute atomic E-state index is 13.1. The lowest BCUT2D eigenvalue weighted by atomic mass is 9.99. The highest BCUT2D eigenvalue weighted by Crippen LogP contribution is 2.28. The molecule has 1 fully saturated rings. The Balaban J connectivity index is 1.71. The van der Waals surface area contributed by atoms with Gasteiger partial charge in [-0.15, -0.1) is 0 Å². The van der Waals surface area contributed by atoms with Gasteiger partial charge >= 0.3 is 0 Å². The van der Waals surface area contributed by atoms with Gasteiger partial charge in [-0.3, -0.25) is 4.79 Å². The number of piperidine rings is 1. The Morgan fingerprint density at radius 2 is 1.83 bits per heavy atom. The zero-order valence-electron chi connectivity index (χ0n) is 16.8. The summed E-state index contributed by atoms with van der Waals surface area (Å²) in [4.78, 5) is 12.9. The van der Waals surface area contributed by atoms with Crippen LogP contribution in [0.2, 0.25) is 0 Å². The van der Waals surface area contributed by atoms with Crippen molar-refractivity contribution in [3.8, 4) is 11.5 Å². The molecule has 0 unspecified atom stereocenters. The Labute approximate surface area is 171 Å². The summed E-state index contributed by atoms with van der Waals surface area (Å²) >= 11 is 0. The Hall–Kier alpha value is -2.58. The zero-order valence-corrected chi connectivity index (χ0v) is 17.7. The van der Waals surface area contributed by atoms with Crippen LogP contribution in [-0.4, -0.2) is 45.9 Å². The molecule has 2 aromatic rings. The van der Waals surface area contributed by atoms with Gasteiger partial charge in [-0.05, 0) is 67.8 Å². The zero-order chi connectivity index (χ0) is 21.0. The average molecular weight is 419 g/mol. The molecule has 1 atom stereocenters. The van der Waals surface area contributed by atoms with Crippen molar-refractivity contribution >= 4 is 21.6 Å². The van der Waals surface area contributed by atoms with Gasteiger partial charge in [0.2, 0.25) is 15.9 Å². The highest BCUT2D eigenvalue weighted by molar-refractivity contribution is 7.89. The molecule has 3 rings (SSSR count). The summed E-state index contributed by atoms with van der Waals surface area (Å²) in [6.07, 6.45) is 1.28. The minimum atomic E-state index is -3.68. The van der Waals surface area contributed by atoms with E-state index in [9.17, 15) is 13.2 Å². The number of nitrogens with zero attached hydrogens (tertiary/aromatic N) is 1. The fraction of sp³-hybridized carbons (Fsp3) is 0.381. The summed E-state index contributed by atoms with van der Waals surface area (Å²) in [5.74, 6) is 0.757. The molecule has 1 aliphatic heterocycles. The smallest absolute Gasteiger partial charge is 0.243 e. The fourth-order valence-corrected chi connectivity index (χ4v) is 5.06. The second kappa shape index (κ2) is 8.84. The number of aryl methyl sites for hydroxylation is 1. The monoisotopic (exact) mass is 418 g/mol. The topological polar surface area (TPSA) is 84.9 Å². The number of methoxy groups -OCH3 is 2. The first kappa shape index (κ1) is 21.1. The first-order chi connectivity index (χ1) is 13.8. The van der Waals surface area contributed by atoms with Crippen LogP contribution in [0, 0.1) is 12.8 Å². The van der Waals surface area contributed by atoms with Crippen molar-refractivity contribution < 1.29 is 22.7 Å². The third-order valence-corrected chi connectivity index (χ3v) is 6.98. The summed E-state index contributed by atoms with van der Waals surface area (Å²) in [6.45, 7) is 2.37. The number of hydrogen-bond donors (Lipinski definition) is 1. The van der Waals surface area contributed by atoms with Crippen LogP contribution in [0.1, 0.15) is 18.4 Å². The van der Waals surface area contributed by atoms with E-state index in [1.807, 2.05) is 0 Å². The van der Waals surface area contributed by atoms with Crippen LogP contribution in [0.5, 0.6) is 11.5 Å². The van der Waals surface area contributed by atoms with Gasteiger partial charge in [0.25, 0.3) is 0 Å². The van der Waals surface area contributed by atoms with Gasteiger partial charge in [0.05, 0.1) is 25.0 Å². The molecule has 156 valence electrons. The lowest BCUT2D eigenvalue weighted by molar-refractivity contribution is -0.120. The van der Waals surface area contributed by atoms with Gasteiger partial charge < -0.3 is 14.8 Å². The van der Waals surface area contributed by atoms with E-state index in [4.69, 9.17) is 9.47 Å². The molecule has 1 heterocycles. The van der Waals surface area contributed by atoms with E-state index in [2.05, 4.69) is 5.32 Å². The van der Waals surface area contributed by atoms with Crippen LogP contribution in [0.4, 0.5) is 5.69 Å². The molecular weight excluding hydrogens is 392 g/mol. The van der Waals surface area contributed by atoms with Gasteiger partial charge in [-0.25, -0.2) is 8.42 Å². The summed E-state index contributed by atoms with van der Waals surface area (Å²) in [5.41, 5.74) is 1.40. The van der Waals surface area contributed by atoms with Crippen LogP contribution in [0.3, 0.4) is 0 Å². The molecule has 0 saturated carbocycles. The standard InChI is InChI=1S/C21H26N2O5S/c1-15-13-19(10-11-20(15)28-3)29(25,26)23-12-4-5-16(14-23)21(24)22-17-6-8-18(27-2)9-7-17/h6-11,13,16H,4-5,12,14H2,1-3H3,(H,22,24)/t16-/m0/s1. The number of hydrogen-bond acceptors (Lipinski definition) is 5. The lowest BCUT2D eigenvalue weighted by Crippen LogP contribution is -2.43. The second-order valence-electron chi connectivity index (χ2n) is 7.05. The molecule has 2 aromatic carbocycles. The molecule has 1 N–H and O–H groups in total. The maximum Gasteiger partial charge on any atom is 0.243 e. The number of ether oxygens (including phenoxy) is 2. The normalized spacial score (nSPS) is 17.6. The van der Waals surface area contributed by atoms with E-state index in [1.54, 1.807) is 63.6 Å². The van der Waals surface area contributed by atoms with Crippen LogP contribution in [0.15, 0.2) is 47.4 Å². The molecular formula is C21H26N2O5S. The molecule has 1 aliphatic rings. The first-order valence-corrected chi connectivity index (χ1v) is 10.9. The van der Waals surface area contributed by atoms with Crippen molar-refractivity contribution in [2.24, 2.45) is 5.92 Å². The van der Waals surface area contributed by atoms with Gasteiger partial charge in [0, 0.05) is 18.8 Å². The molecule has 0 spiro atoms. The van der Waals surface area contributed by atoms with E-state index < -0.39 is 15.9 Å². The van der Waals surface area contributed by atoms with Crippen LogP contribution < -0.4 is 14.8 Å². The predicted molar refractivity (Wildman–Crippen MR) is 111 cm³/mol. The number of rotatable bonds is 6. The molecule has 7 nitrogen and oxygen atoms in total. The van der Waals surface area contributed by atoms with E-state index >= 15 is 0 Å². The van der Waals surface area contributed by atoms with Crippen molar-refractivity contribution in [2.45, 2.75) is 24.7 Å². The summed E-state index contributed by atoms with van der Waals surface area (Å²) in [5, 5.41) is 2.87. The molecule has 29 heavy (non-hydrogen) atoms. The largest absolute Gasteiger partial charge is 0.497 e. The van der Waals surface area contributed by atoms with Crippen LogP contribution in [0.25, 0.3) is 0 Å². The summed E-state index contributed by atoms with van der Waals surface area (Å²) < 4.78 is 37.9. The molecule has 8 heteroatoms. The van der Waals surface area contributed by atoms with E-state index in [1.165, 1.54) is 4.31 Å². The Kier molecular flexibility index (Phi) is 6.44. The minimum Gasteiger partial charge on any atom is -0.497 e. The molecule has 1 saturated heterocycles. The van der Waals surface area contributed by atoms with Gasteiger partial charge in [0.15, 0.2) is 0 Å². The molecule has 1 amide bonds. The number of nitrogens with one attached hydrogen (secondary N) is 1. The van der Waals surface area contributed by atoms with Crippen molar-refractivity contribution in [2.75, 3.05) is 32.6 Å². The third kappa shape index (κ3) is 4.71. The van der Waals surface area contributed by atoms with E-state index in [-0.39, 0.29) is 17.3 Å². The second-order valence-corrected chi connectivity index (χ2v) is 8.99. The SMILES string of the molecule is COc1ccc(NC(=O)[C@H]2CCCN(S(=O)(=O)c3ccc(OC)c(C)c3)C2)cc1. The number of anilines is 1. The molecule has 0 radical (unpaired) electrons. The first-order valence-electron chi connectivity index (χ1n) is 9.45. The number of sulfonamides is 1. The van der Waals surface area contributed by atoms with Gasteiger partial charge in [-0.2, -0.15) is 4.31 Å². The number of amides is 1. The van der Waals surface area contributed by atoms with E-state index in [0.29, 0.717) is 36.6 Å². The molecule has 0 aromatic heterocycles. The Bertz CT molecular complexity index is 973. The number of carbonyl (C=O) groups excluding carboxylic acids is 1. The highest BCUT2D eigenvalue weighted by Gasteiger charge is 2.33.